The predicted molar refractivity (Wildman–Crippen MR) is 99.2 cm³/mol. The Bertz CT molecular complexity index is 797. The number of thioether (sulfide) groups is 1. The molecule has 0 spiro atoms. The van der Waals surface area contributed by atoms with Gasteiger partial charge in [-0.1, -0.05) is 0 Å². The molecule has 0 aromatic carbocycles. The van der Waals surface area contributed by atoms with Gasteiger partial charge < -0.3 is 10.6 Å². The highest BCUT2D eigenvalue weighted by atomic mass is 32.2. The van der Waals surface area contributed by atoms with Crippen LogP contribution in [-0.4, -0.2) is 39.3 Å². The van der Waals surface area contributed by atoms with E-state index in [4.69, 9.17) is 5.73 Å². The highest BCUT2D eigenvalue weighted by molar-refractivity contribution is 7.99. The summed E-state index contributed by atoms with van der Waals surface area (Å²) in [5, 5.41) is 3.52. The Hall–Kier alpha value is -1.36. The number of alkyl halides is 1. The molecule has 2 aromatic heterocycles. The Labute approximate surface area is 158 Å². The van der Waals surface area contributed by atoms with Gasteiger partial charge in [0.15, 0.2) is 5.82 Å². The number of aromatic nitrogens is 3. The molecule has 0 amide bonds. The number of hydrogen-bond donors (Lipinski definition) is 2. The van der Waals surface area contributed by atoms with Crippen molar-refractivity contribution in [2.24, 2.45) is 11.7 Å². The molecule has 3 atom stereocenters. The van der Waals surface area contributed by atoms with Gasteiger partial charge in [0.05, 0.1) is 17.2 Å². The summed E-state index contributed by atoms with van der Waals surface area (Å²) in [5.41, 5.74) is 5.33. The van der Waals surface area contributed by atoms with Gasteiger partial charge in [-0.15, -0.1) is 23.1 Å². The molecule has 2 fully saturated rings. The molecule has 140 valence electrons. The summed E-state index contributed by atoms with van der Waals surface area (Å²) in [6.45, 7) is 3.85. The first kappa shape index (κ1) is 18.0. The summed E-state index contributed by atoms with van der Waals surface area (Å²) in [6.07, 6.45) is 2.91. The van der Waals surface area contributed by atoms with Gasteiger partial charge in [-0.2, -0.15) is 0 Å². The van der Waals surface area contributed by atoms with Gasteiger partial charge in [0.1, 0.15) is 16.9 Å². The Morgan fingerprint density at radius 1 is 1.42 bits per heavy atom. The highest BCUT2D eigenvalue weighted by Crippen LogP contribution is 2.45. The molecule has 0 aliphatic carbocycles. The molecule has 6 nitrogen and oxygen atoms in total. The number of nitrogens with two attached hydrogens (primary N) is 1. The summed E-state index contributed by atoms with van der Waals surface area (Å²) in [6, 6.07) is 0. The van der Waals surface area contributed by atoms with E-state index in [0.29, 0.717) is 19.0 Å². The van der Waals surface area contributed by atoms with Gasteiger partial charge in [-0.25, -0.2) is 18.7 Å². The number of thiazole rings is 1. The minimum absolute atomic E-state index is 0.178. The monoisotopic (exact) mass is 398 g/mol. The van der Waals surface area contributed by atoms with E-state index in [1.807, 2.05) is 11.1 Å². The molecule has 3 N–H and O–H groups in total. The van der Waals surface area contributed by atoms with Crippen molar-refractivity contribution in [3.8, 4) is 0 Å². The zero-order valence-corrected chi connectivity index (χ0v) is 16.1. The van der Waals surface area contributed by atoms with Crippen molar-refractivity contribution in [2.45, 2.75) is 30.6 Å². The molecule has 0 radical (unpaired) electrons. The van der Waals surface area contributed by atoms with Gasteiger partial charge in [-0.05, 0) is 13.8 Å². The summed E-state index contributed by atoms with van der Waals surface area (Å²) in [4.78, 5) is 15.6. The number of rotatable bonds is 3. The van der Waals surface area contributed by atoms with Crippen LogP contribution in [0.2, 0.25) is 0 Å². The van der Waals surface area contributed by atoms with Crippen LogP contribution in [-0.2, 0) is 11.2 Å². The Morgan fingerprint density at radius 2 is 2.23 bits per heavy atom. The van der Waals surface area contributed by atoms with E-state index in [1.165, 1.54) is 13.8 Å². The minimum Gasteiger partial charge on any atom is -0.338 e. The number of hydrogen-bond acceptors (Lipinski definition) is 8. The van der Waals surface area contributed by atoms with Crippen LogP contribution >= 0.6 is 23.1 Å². The van der Waals surface area contributed by atoms with Crippen LogP contribution in [0.1, 0.15) is 24.4 Å². The maximum absolute atomic E-state index is 14.3. The van der Waals surface area contributed by atoms with Crippen molar-refractivity contribution in [2.75, 3.05) is 23.7 Å². The number of fused-ring (bicyclic) bond motifs is 1. The van der Waals surface area contributed by atoms with Crippen LogP contribution in [0.4, 0.5) is 14.7 Å². The van der Waals surface area contributed by atoms with Gasteiger partial charge in [0, 0.05) is 35.8 Å². The third kappa shape index (κ3) is 2.98. The molecule has 2 aliphatic heterocycles. The standard InChI is InChI=1S/C16H20F2N6S2/c1-15(2,18)12-10(17)3-21-14(22-12)24-5-9-6-25-13(19)23-16(9,7-24)11-4-20-8-26-11/h3-4,8-9,13,23H,5-7,19H2,1-2H3/t9-,13?,16-/m0/s1. The second-order valence-corrected chi connectivity index (χ2v) is 9.21. The topological polar surface area (TPSA) is 80.0 Å². The average molecular weight is 399 g/mol. The number of nitrogens with one attached hydrogen (secondary N) is 1. The van der Waals surface area contributed by atoms with E-state index in [2.05, 4.69) is 20.3 Å². The molecule has 4 rings (SSSR count). The maximum Gasteiger partial charge on any atom is 0.225 e. The van der Waals surface area contributed by atoms with E-state index in [0.717, 1.165) is 16.8 Å². The van der Waals surface area contributed by atoms with Crippen LogP contribution in [0.5, 0.6) is 0 Å². The SMILES string of the molecule is CC(C)(F)c1nc(N2C[C@H]3CSC(N)N[C@@]3(c3cncs3)C2)ncc1F. The van der Waals surface area contributed by atoms with Crippen molar-refractivity contribution in [3.05, 3.63) is 34.3 Å². The van der Waals surface area contributed by atoms with Gasteiger partial charge in [-0.3, -0.25) is 10.3 Å². The van der Waals surface area contributed by atoms with Gasteiger partial charge >= 0.3 is 0 Å². The third-order valence-corrected chi connectivity index (χ3v) is 6.93. The quantitative estimate of drug-likeness (QED) is 0.820. The van der Waals surface area contributed by atoms with E-state index >= 15 is 0 Å². The molecule has 10 heteroatoms. The van der Waals surface area contributed by atoms with E-state index in [9.17, 15) is 8.78 Å². The number of halogens is 2. The first-order valence-corrected chi connectivity index (χ1v) is 10.2. The predicted octanol–water partition coefficient (Wildman–Crippen LogP) is 2.19. The lowest BCUT2D eigenvalue weighted by atomic mass is 9.87. The van der Waals surface area contributed by atoms with E-state index < -0.39 is 11.5 Å². The van der Waals surface area contributed by atoms with Gasteiger partial charge in [0.2, 0.25) is 5.95 Å². The normalized spacial score (nSPS) is 29.0. The number of nitrogens with zero attached hydrogens (tertiary/aromatic N) is 4. The van der Waals surface area contributed by atoms with Crippen LogP contribution in [0.25, 0.3) is 0 Å². The lowest BCUT2D eigenvalue weighted by Gasteiger charge is -2.41. The lowest BCUT2D eigenvalue weighted by Crippen LogP contribution is -2.58. The Morgan fingerprint density at radius 3 is 2.92 bits per heavy atom. The van der Waals surface area contributed by atoms with Gasteiger partial charge in [0.25, 0.3) is 0 Å². The molecular formula is C16H20F2N6S2. The van der Waals surface area contributed by atoms with E-state index in [1.54, 1.807) is 28.6 Å². The average Bonchev–Trinajstić information content (AvgIpc) is 3.22. The smallest absolute Gasteiger partial charge is 0.225 e. The van der Waals surface area contributed by atoms with Crippen LogP contribution in [0, 0.1) is 11.7 Å². The second-order valence-electron chi connectivity index (χ2n) is 7.15. The molecule has 0 saturated carbocycles. The second kappa shape index (κ2) is 6.36. The zero-order valence-electron chi connectivity index (χ0n) is 14.4. The van der Waals surface area contributed by atoms with Crippen molar-refractivity contribution in [1.29, 1.82) is 0 Å². The Kier molecular flexibility index (Phi) is 4.41. The molecule has 0 bridgehead atoms. The zero-order chi connectivity index (χ0) is 18.5. The van der Waals surface area contributed by atoms with Crippen LogP contribution in [0.3, 0.4) is 0 Å². The first-order chi connectivity index (χ1) is 12.3. The third-order valence-electron chi connectivity index (χ3n) is 4.90. The van der Waals surface area contributed by atoms with Crippen molar-refractivity contribution in [1.82, 2.24) is 20.3 Å². The highest BCUT2D eigenvalue weighted by Gasteiger charge is 2.52. The fourth-order valence-electron chi connectivity index (χ4n) is 3.66. The molecule has 4 heterocycles. The molecule has 26 heavy (non-hydrogen) atoms. The first-order valence-electron chi connectivity index (χ1n) is 8.30. The maximum atomic E-state index is 14.3. The minimum atomic E-state index is -1.87. The van der Waals surface area contributed by atoms with Crippen LogP contribution in [0.15, 0.2) is 17.9 Å². The Balaban J connectivity index is 1.70. The molecular weight excluding hydrogens is 378 g/mol. The fourth-order valence-corrected chi connectivity index (χ4v) is 5.64. The molecule has 2 aliphatic rings. The molecule has 2 saturated heterocycles. The fraction of sp³-hybridized carbons (Fsp3) is 0.562. The summed E-state index contributed by atoms with van der Waals surface area (Å²) >= 11 is 3.24. The van der Waals surface area contributed by atoms with Crippen molar-refractivity contribution < 1.29 is 8.78 Å². The number of anilines is 1. The molecule has 2 aromatic rings. The van der Waals surface area contributed by atoms with Crippen LogP contribution < -0.4 is 16.0 Å². The van der Waals surface area contributed by atoms with Crippen molar-refractivity contribution in [3.63, 3.8) is 0 Å². The summed E-state index contributed by atoms with van der Waals surface area (Å²) in [5.74, 6) is 0.755. The van der Waals surface area contributed by atoms with Crippen molar-refractivity contribution >= 4 is 29.0 Å². The molecule has 1 unspecified atom stereocenters. The largest absolute Gasteiger partial charge is 0.338 e. The lowest BCUT2D eigenvalue weighted by molar-refractivity contribution is 0.205. The summed E-state index contributed by atoms with van der Waals surface area (Å²) < 4.78 is 28.3. The van der Waals surface area contributed by atoms with E-state index in [-0.39, 0.29) is 22.6 Å². The summed E-state index contributed by atoms with van der Waals surface area (Å²) in [7, 11) is 0.